The number of amides is 2. The minimum atomic E-state index is -4.63. The first-order valence-corrected chi connectivity index (χ1v) is 15.6. The Hall–Kier alpha value is -5.00. The van der Waals surface area contributed by atoms with Crippen molar-refractivity contribution < 1.29 is 27.2 Å². The van der Waals surface area contributed by atoms with Crippen molar-refractivity contribution in [3.63, 3.8) is 0 Å². The van der Waals surface area contributed by atoms with Crippen LogP contribution >= 0.6 is 0 Å². The number of aromatic nitrogens is 3. The summed E-state index contributed by atoms with van der Waals surface area (Å²) in [5.74, 6) is -2.11. The number of benzene rings is 1. The summed E-state index contributed by atoms with van der Waals surface area (Å²) in [6.45, 7) is 7.84. The van der Waals surface area contributed by atoms with Crippen LogP contribution < -0.4 is 21.7 Å². The van der Waals surface area contributed by atoms with Gasteiger partial charge in [0.1, 0.15) is 41.3 Å². The van der Waals surface area contributed by atoms with Crippen molar-refractivity contribution in [2.75, 3.05) is 23.3 Å². The number of amidine groups is 1. The summed E-state index contributed by atoms with van der Waals surface area (Å²) in [5.41, 5.74) is 12.1. The van der Waals surface area contributed by atoms with Crippen LogP contribution in [0.15, 0.2) is 29.3 Å². The van der Waals surface area contributed by atoms with Crippen LogP contribution in [0.25, 0.3) is 11.1 Å². The van der Waals surface area contributed by atoms with Crippen molar-refractivity contribution in [1.82, 2.24) is 14.8 Å². The van der Waals surface area contributed by atoms with Crippen molar-refractivity contribution in [2.24, 2.45) is 22.4 Å². The highest BCUT2D eigenvalue weighted by Gasteiger charge is 2.44. The van der Waals surface area contributed by atoms with Crippen molar-refractivity contribution in [3.05, 3.63) is 58.3 Å². The van der Waals surface area contributed by atoms with Gasteiger partial charge in [0.2, 0.25) is 5.91 Å². The van der Waals surface area contributed by atoms with Crippen molar-refractivity contribution in [1.29, 1.82) is 5.26 Å². The summed E-state index contributed by atoms with van der Waals surface area (Å²) in [5, 5.41) is 17.5. The molecule has 0 radical (unpaired) electrons. The summed E-state index contributed by atoms with van der Waals surface area (Å²) in [7, 11) is 0. The Morgan fingerprint density at radius 2 is 1.94 bits per heavy atom. The number of carbonyl (C=O) groups is 2. The van der Waals surface area contributed by atoms with E-state index < -0.39 is 40.8 Å². The molecule has 5 N–H and O–H groups in total. The SMILES string of the molecule is CCNc1c(-c2cc(F)c(C#N)c(N3CCC(C(=O)N=C(N)c4ccc(C(F)(F)F)nc4C4(C)CC4)CC3C)c2)c(C)nn1CC(N)=O. The number of primary amides is 1. The Kier molecular flexibility index (Phi) is 9.22. The number of hydrogen-bond donors (Lipinski definition) is 3. The minimum Gasteiger partial charge on any atom is -0.383 e. The van der Waals surface area contributed by atoms with E-state index in [1.54, 1.807) is 19.9 Å². The van der Waals surface area contributed by atoms with E-state index in [1.165, 1.54) is 16.8 Å². The Bertz CT molecular complexity index is 1840. The minimum absolute atomic E-state index is 0.152. The van der Waals surface area contributed by atoms with Crippen molar-refractivity contribution in [2.45, 2.75) is 77.6 Å². The molecule has 3 heterocycles. The molecule has 1 aliphatic heterocycles. The standard InChI is InChI=1S/C33H37F4N9O2/c1-5-41-30-27(18(3)44-46(30)16-26(39)47)20-13-23(34)22(15-38)24(14-20)45-11-8-19(12-17(45)2)31(48)43-29(40)21-6-7-25(33(35,36)37)42-28(21)32(4)9-10-32/h6-7,13-14,17,19,41H,5,8-12,16H2,1-4H3,(H2,39,47)(H2,40,43,48). The molecule has 0 bridgehead atoms. The number of anilines is 2. The summed E-state index contributed by atoms with van der Waals surface area (Å²) in [6.07, 6.45) is -2.73. The number of hydrogen-bond acceptors (Lipinski definition) is 7. The van der Waals surface area contributed by atoms with E-state index in [0.29, 0.717) is 60.6 Å². The lowest BCUT2D eigenvalue weighted by Crippen LogP contribution is -2.43. The zero-order valence-electron chi connectivity index (χ0n) is 27.1. The fourth-order valence-corrected chi connectivity index (χ4v) is 6.34. The monoisotopic (exact) mass is 667 g/mol. The molecule has 2 unspecified atom stereocenters. The van der Waals surface area contributed by atoms with Crippen LogP contribution in [0.3, 0.4) is 0 Å². The van der Waals surface area contributed by atoms with Gasteiger partial charge < -0.3 is 21.7 Å². The predicted octanol–water partition coefficient (Wildman–Crippen LogP) is 4.79. The number of piperidine rings is 1. The molecular formula is C33H37F4N9O2. The average molecular weight is 668 g/mol. The van der Waals surface area contributed by atoms with Gasteiger partial charge in [-0.15, -0.1) is 0 Å². The second kappa shape index (κ2) is 12.9. The Balaban J connectivity index is 1.41. The van der Waals surface area contributed by atoms with Gasteiger partial charge in [-0.2, -0.15) is 28.5 Å². The van der Waals surface area contributed by atoms with E-state index >= 15 is 4.39 Å². The van der Waals surface area contributed by atoms with Gasteiger partial charge in [-0.1, -0.05) is 6.92 Å². The number of alkyl halides is 3. The summed E-state index contributed by atoms with van der Waals surface area (Å²) >= 11 is 0. The number of aryl methyl sites for hydroxylation is 1. The molecule has 2 atom stereocenters. The number of halogens is 4. The molecule has 5 rings (SSSR count). The Morgan fingerprint density at radius 1 is 1.23 bits per heavy atom. The van der Waals surface area contributed by atoms with Gasteiger partial charge in [-0.25, -0.2) is 14.1 Å². The zero-order valence-corrected chi connectivity index (χ0v) is 27.1. The maximum atomic E-state index is 15.5. The molecule has 2 aliphatic rings. The number of carbonyl (C=O) groups excluding carboxylic acids is 2. The average Bonchev–Trinajstić information content (AvgIpc) is 3.69. The fraction of sp³-hybridized carbons (Fsp3) is 0.455. The van der Waals surface area contributed by atoms with Gasteiger partial charge in [0.15, 0.2) is 0 Å². The molecule has 48 heavy (non-hydrogen) atoms. The smallest absolute Gasteiger partial charge is 0.383 e. The van der Waals surface area contributed by atoms with Gasteiger partial charge in [0.05, 0.1) is 17.1 Å². The number of nitriles is 1. The van der Waals surface area contributed by atoms with Crippen LogP contribution in [-0.2, 0) is 27.7 Å². The second-order valence-corrected chi connectivity index (χ2v) is 12.7. The second-order valence-electron chi connectivity index (χ2n) is 12.7. The van der Waals surface area contributed by atoms with E-state index in [1.807, 2.05) is 24.8 Å². The molecule has 0 spiro atoms. The van der Waals surface area contributed by atoms with Crippen molar-refractivity contribution in [3.8, 4) is 17.2 Å². The highest BCUT2D eigenvalue weighted by atomic mass is 19.4. The lowest BCUT2D eigenvalue weighted by Gasteiger charge is -2.39. The maximum Gasteiger partial charge on any atom is 0.433 e. The number of pyridine rings is 1. The molecule has 3 aromatic rings. The molecule has 254 valence electrons. The molecule has 11 nitrogen and oxygen atoms in total. The quantitative estimate of drug-likeness (QED) is 0.166. The van der Waals surface area contributed by atoms with E-state index in [4.69, 9.17) is 11.5 Å². The van der Waals surface area contributed by atoms with Crippen LogP contribution in [-0.4, -0.2) is 51.5 Å². The van der Waals surface area contributed by atoms with E-state index in [-0.39, 0.29) is 41.8 Å². The van der Waals surface area contributed by atoms with E-state index in [0.717, 1.165) is 6.07 Å². The van der Waals surface area contributed by atoms with Gasteiger partial charge in [-0.3, -0.25) is 9.59 Å². The van der Waals surface area contributed by atoms with Gasteiger partial charge in [0, 0.05) is 41.6 Å². The highest BCUT2D eigenvalue weighted by molar-refractivity contribution is 6.05. The Morgan fingerprint density at radius 3 is 2.52 bits per heavy atom. The molecule has 1 saturated heterocycles. The first-order valence-electron chi connectivity index (χ1n) is 15.6. The van der Waals surface area contributed by atoms with Crippen LogP contribution in [0.4, 0.5) is 29.1 Å². The highest BCUT2D eigenvalue weighted by Crippen LogP contribution is 2.48. The molecule has 15 heteroatoms. The number of rotatable bonds is 9. The summed E-state index contributed by atoms with van der Waals surface area (Å²) in [6, 6.07) is 6.65. The third-order valence-electron chi connectivity index (χ3n) is 9.05. The fourth-order valence-electron chi connectivity index (χ4n) is 6.34. The number of nitrogens with one attached hydrogen (secondary N) is 1. The van der Waals surface area contributed by atoms with Crippen molar-refractivity contribution >= 4 is 29.2 Å². The maximum absolute atomic E-state index is 15.5. The predicted molar refractivity (Wildman–Crippen MR) is 172 cm³/mol. The molecule has 1 aromatic carbocycles. The third kappa shape index (κ3) is 6.69. The largest absolute Gasteiger partial charge is 0.433 e. The Labute approximate surface area is 275 Å². The number of nitrogens with zero attached hydrogens (tertiary/aromatic N) is 6. The molecular weight excluding hydrogens is 630 g/mol. The molecule has 1 aliphatic carbocycles. The first-order chi connectivity index (χ1) is 22.6. The summed E-state index contributed by atoms with van der Waals surface area (Å²) in [4.78, 5) is 34.9. The zero-order chi connectivity index (χ0) is 35.1. The third-order valence-corrected chi connectivity index (χ3v) is 9.05. The lowest BCUT2D eigenvalue weighted by atomic mass is 9.89. The number of nitrogens with two attached hydrogens (primary N) is 2. The first kappa shape index (κ1) is 34.3. The normalized spacial score (nSPS) is 19.1. The van der Waals surface area contributed by atoms with Crippen LogP contribution in [0.1, 0.15) is 74.7 Å². The molecule has 2 amide bonds. The number of aliphatic imine (C=N–C) groups is 1. The van der Waals surface area contributed by atoms with Crippen LogP contribution in [0, 0.1) is 30.0 Å². The topological polar surface area (TPSA) is 168 Å². The van der Waals surface area contributed by atoms with Gasteiger partial charge >= 0.3 is 6.18 Å². The molecule has 2 fully saturated rings. The van der Waals surface area contributed by atoms with Crippen LogP contribution in [0.5, 0.6) is 0 Å². The van der Waals surface area contributed by atoms with E-state index in [9.17, 15) is 28.0 Å². The van der Waals surface area contributed by atoms with Crippen LogP contribution in [0.2, 0.25) is 0 Å². The molecule has 2 aromatic heterocycles. The molecule has 1 saturated carbocycles. The summed E-state index contributed by atoms with van der Waals surface area (Å²) < 4.78 is 57.2. The van der Waals surface area contributed by atoms with Gasteiger partial charge in [0.25, 0.3) is 5.91 Å². The van der Waals surface area contributed by atoms with E-state index in [2.05, 4.69) is 20.4 Å². The van der Waals surface area contributed by atoms with Gasteiger partial charge in [-0.05, 0) is 76.3 Å². The lowest BCUT2D eigenvalue weighted by molar-refractivity contribution is -0.141.